The fraction of sp³-hybridized carbons (Fsp3) is 0.150. The van der Waals surface area contributed by atoms with Gasteiger partial charge in [0, 0.05) is 11.8 Å². The Bertz CT molecular complexity index is 712. The first kappa shape index (κ1) is 13.6. The molecule has 1 aromatic heterocycles. The Balaban J connectivity index is 1.96. The minimum absolute atomic E-state index is 0.558. The molecule has 0 bridgehead atoms. The number of aromatic nitrogens is 1. The van der Waals surface area contributed by atoms with E-state index < -0.39 is 0 Å². The molecule has 0 fully saturated rings. The van der Waals surface area contributed by atoms with Gasteiger partial charge in [-0.3, -0.25) is 4.98 Å². The monoisotopic (exact) mass is 273 g/mol. The highest BCUT2D eigenvalue weighted by molar-refractivity contribution is 5.70. The summed E-state index contributed by atoms with van der Waals surface area (Å²) < 4.78 is 0. The third kappa shape index (κ3) is 3.03. The summed E-state index contributed by atoms with van der Waals surface area (Å²) in [7, 11) is 0. The molecule has 0 aliphatic heterocycles. The first-order valence-corrected chi connectivity index (χ1v) is 7.36. The van der Waals surface area contributed by atoms with Crippen LogP contribution >= 0.6 is 0 Å². The van der Waals surface area contributed by atoms with E-state index in [0.29, 0.717) is 5.92 Å². The topological polar surface area (TPSA) is 12.9 Å². The van der Waals surface area contributed by atoms with E-state index in [-0.39, 0.29) is 0 Å². The van der Waals surface area contributed by atoms with Gasteiger partial charge in [-0.15, -0.1) is 0 Å². The molecule has 104 valence electrons. The Morgan fingerprint density at radius 1 is 0.714 bits per heavy atom. The third-order valence-electron chi connectivity index (χ3n) is 3.74. The number of hydrogen-bond acceptors (Lipinski definition) is 1. The van der Waals surface area contributed by atoms with Gasteiger partial charge < -0.3 is 0 Å². The molecular formula is C20H19N. The quantitative estimate of drug-likeness (QED) is 0.610. The molecule has 0 spiro atoms. The number of nitrogens with zero attached hydrogens (tertiary/aromatic N) is 1. The zero-order valence-corrected chi connectivity index (χ0v) is 12.5. The van der Waals surface area contributed by atoms with E-state index in [1.54, 1.807) is 0 Å². The van der Waals surface area contributed by atoms with Gasteiger partial charge in [-0.2, -0.15) is 0 Å². The van der Waals surface area contributed by atoms with Gasteiger partial charge in [0.25, 0.3) is 0 Å². The highest BCUT2D eigenvalue weighted by atomic mass is 14.7. The summed E-state index contributed by atoms with van der Waals surface area (Å²) in [6, 6.07) is 23.3. The molecular weight excluding hydrogens is 254 g/mol. The van der Waals surface area contributed by atoms with Crippen molar-refractivity contribution in [3.63, 3.8) is 0 Å². The summed E-state index contributed by atoms with van der Waals surface area (Å²) in [6.45, 7) is 4.42. The SMILES string of the molecule is CC(C)c1ccc(-c2cc(-c3ccccc3)ccn2)cc1. The minimum Gasteiger partial charge on any atom is -0.256 e. The second-order valence-corrected chi connectivity index (χ2v) is 5.57. The predicted octanol–water partition coefficient (Wildman–Crippen LogP) is 5.54. The smallest absolute Gasteiger partial charge is 0.0708 e. The van der Waals surface area contributed by atoms with Gasteiger partial charge in [0.15, 0.2) is 0 Å². The van der Waals surface area contributed by atoms with Crippen LogP contribution in [-0.2, 0) is 0 Å². The minimum atomic E-state index is 0.558. The van der Waals surface area contributed by atoms with Crippen LogP contribution in [0, 0.1) is 0 Å². The van der Waals surface area contributed by atoms with Gasteiger partial charge >= 0.3 is 0 Å². The fourth-order valence-corrected chi connectivity index (χ4v) is 2.44. The van der Waals surface area contributed by atoms with Crippen LogP contribution < -0.4 is 0 Å². The lowest BCUT2D eigenvalue weighted by Crippen LogP contribution is -1.89. The molecule has 0 saturated carbocycles. The molecule has 0 atom stereocenters. The zero-order valence-electron chi connectivity index (χ0n) is 12.5. The molecule has 0 aliphatic carbocycles. The van der Waals surface area contributed by atoms with Gasteiger partial charge in [-0.25, -0.2) is 0 Å². The van der Waals surface area contributed by atoms with Crippen LogP contribution in [0.1, 0.15) is 25.3 Å². The van der Waals surface area contributed by atoms with Gasteiger partial charge in [0.1, 0.15) is 0 Å². The molecule has 21 heavy (non-hydrogen) atoms. The Morgan fingerprint density at radius 3 is 2.10 bits per heavy atom. The highest BCUT2D eigenvalue weighted by Gasteiger charge is 2.04. The molecule has 3 rings (SSSR count). The van der Waals surface area contributed by atoms with Gasteiger partial charge in [-0.1, -0.05) is 68.4 Å². The van der Waals surface area contributed by atoms with Crippen molar-refractivity contribution in [1.29, 1.82) is 0 Å². The maximum Gasteiger partial charge on any atom is 0.0708 e. The molecule has 3 aromatic rings. The predicted molar refractivity (Wildman–Crippen MR) is 89.2 cm³/mol. The van der Waals surface area contributed by atoms with Crippen LogP contribution in [-0.4, -0.2) is 4.98 Å². The number of benzene rings is 2. The van der Waals surface area contributed by atoms with Crippen LogP contribution in [0.15, 0.2) is 72.9 Å². The van der Waals surface area contributed by atoms with Crippen molar-refractivity contribution in [3.05, 3.63) is 78.5 Å². The summed E-state index contributed by atoms with van der Waals surface area (Å²) in [5, 5.41) is 0. The summed E-state index contributed by atoms with van der Waals surface area (Å²) in [4.78, 5) is 4.51. The third-order valence-corrected chi connectivity index (χ3v) is 3.74. The lowest BCUT2D eigenvalue weighted by atomic mass is 9.99. The summed E-state index contributed by atoms with van der Waals surface area (Å²) in [6.07, 6.45) is 1.88. The van der Waals surface area contributed by atoms with Crippen molar-refractivity contribution in [2.75, 3.05) is 0 Å². The van der Waals surface area contributed by atoms with Crippen molar-refractivity contribution in [1.82, 2.24) is 4.98 Å². The van der Waals surface area contributed by atoms with Gasteiger partial charge in [0.05, 0.1) is 5.69 Å². The molecule has 0 unspecified atom stereocenters. The Kier molecular flexibility index (Phi) is 3.83. The van der Waals surface area contributed by atoms with Crippen molar-refractivity contribution in [2.45, 2.75) is 19.8 Å². The van der Waals surface area contributed by atoms with Crippen molar-refractivity contribution in [2.24, 2.45) is 0 Å². The van der Waals surface area contributed by atoms with Crippen molar-refractivity contribution >= 4 is 0 Å². The van der Waals surface area contributed by atoms with Gasteiger partial charge in [-0.05, 0) is 34.7 Å². The Morgan fingerprint density at radius 2 is 1.43 bits per heavy atom. The van der Waals surface area contributed by atoms with Crippen molar-refractivity contribution in [3.8, 4) is 22.4 Å². The van der Waals surface area contributed by atoms with E-state index >= 15 is 0 Å². The van der Waals surface area contributed by atoms with E-state index in [9.17, 15) is 0 Å². The Labute approximate surface area is 126 Å². The largest absolute Gasteiger partial charge is 0.256 e. The fourth-order valence-electron chi connectivity index (χ4n) is 2.44. The molecule has 1 nitrogen and oxygen atoms in total. The molecule has 2 aromatic carbocycles. The molecule has 0 aliphatic rings. The van der Waals surface area contributed by atoms with Crippen LogP contribution in [0.25, 0.3) is 22.4 Å². The van der Waals surface area contributed by atoms with E-state index in [1.165, 1.54) is 16.7 Å². The molecule has 0 saturated heterocycles. The normalized spacial score (nSPS) is 10.8. The first-order valence-electron chi connectivity index (χ1n) is 7.36. The van der Waals surface area contributed by atoms with Crippen molar-refractivity contribution < 1.29 is 0 Å². The van der Waals surface area contributed by atoms with Crippen LogP contribution in [0.5, 0.6) is 0 Å². The van der Waals surface area contributed by atoms with E-state index in [2.05, 4.69) is 79.5 Å². The molecule has 0 radical (unpaired) electrons. The number of rotatable bonds is 3. The first-order chi connectivity index (χ1) is 10.2. The molecule has 1 heteroatoms. The second-order valence-electron chi connectivity index (χ2n) is 5.57. The Hall–Kier alpha value is -2.41. The van der Waals surface area contributed by atoms with Crippen LogP contribution in [0.4, 0.5) is 0 Å². The maximum atomic E-state index is 4.51. The average Bonchev–Trinajstić information content (AvgIpc) is 2.56. The molecule has 0 amide bonds. The lowest BCUT2D eigenvalue weighted by molar-refractivity contribution is 0.867. The highest BCUT2D eigenvalue weighted by Crippen LogP contribution is 2.25. The van der Waals surface area contributed by atoms with E-state index in [0.717, 1.165) is 11.3 Å². The lowest BCUT2D eigenvalue weighted by Gasteiger charge is -2.08. The zero-order chi connectivity index (χ0) is 14.7. The summed E-state index contributed by atoms with van der Waals surface area (Å²) >= 11 is 0. The molecule has 1 heterocycles. The average molecular weight is 273 g/mol. The van der Waals surface area contributed by atoms with E-state index in [4.69, 9.17) is 0 Å². The number of pyridine rings is 1. The maximum absolute atomic E-state index is 4.51. The molecule has 0 N–H and O–H groups in total. The van der Waals surface area contributed by atoms with Crippen LogP contribution in [0.2, 0.25) is 0 Å². The summed E-state index contributed by atoms with van der Waals surface area (Å²) in [5.74, 6) is 0.558. The van der Waals surface area contributed by atoms with Gasteiger partial charge in [0.2, 0.25) is 0 Å². The van der Waals surface area contributed by atoms with E-state index in [1.807, 2.05) is 12.3 Å². The summed E-state index contributed by atoms with van der Waals surface area (Å²) in [5.41, 5.74) is 5.97. The standard InChI is InChI=1S/C20H19N/c1-15(2)16-8-10-18(11-9-16)20-14-19(12-13-21-20)17-6-4-3-5-7-17/h3-15H,1-2H3. The van der Waals surface area contributed by atoms with Crippen LogP contribution in [0.3, 0.4) is 0 Å². The number of hydrogen-bond donors (Lipinski definition) is 0. The second kappa shape index (κ2) is 5.92.